The molecular formula is C28H32N4. The molecule has 0 aliphatic heterocycles. The van der Waals surface area contributed by atoms with Crippen molar-refractivity contribution in [3.63, 3.8) is 0 Å². The van der Waals surface area contributed by atoms with Crippen LogP contribution in [0.25, 0.3) is 33.3 Å². The molecule has 2 N–H and O–H groups in total. The Morgan fingerprint density at radius 1 is 0.750 bits per heavy atom. The van der Waals surface area contributed by atoms with Gasteiger partial charge in [0.15, 0.2) is 0 Å². The van der Waals surface area contributed by atoms with Gasteiger partial charge in [0.2, 0.25) is 0 Å². The van der Waals surface area contributed by atoms with Crippen LogP contribution in [0.4, 0.5) is 0 Å². The van der Waals surface area contributed by atoms with Gasteiger partial charge in [0.25, 0.3) is 0 Å². The van der Waals surface area contributed by atoms with Crippen LogP contribution in [0.3, 0.4) is 0 Å². The van der Waals surface area contributed by atoms with Gasteiger partial charge in [-0.2, -0.15) is 10.2 Å². The van der Waals surface area contributed by atoms with Gasteiger partial charge in [-0.05, 0) is 61.4 Å². The highest BCUT2D eigenvalue weighted by molar-refractivity contribution is 6.00. The van der Waals surface area contributed by atoms with E-state index >= 15 is 0 Å². The van der Waals surface area contributed by atoms with Gasteiger partial charge in [-0.15, -0.1) is 0 Å². The molecule has 4 nitrogen and oxygen atoms in total. The Hall–Kier alpha value is -2.88. The van der Waals surface area contributed by atoms with Crippen LogP contribution < -0.4 is 0 Å². The summed E-state index contributed by atoms with van der Waals surface area (Å²) in [5, 5.41) is 19.0. The van der Waals surface area contributed by atoms with Gasteiger partial charge >= 0.3 is 0 Å². The number of aromatic amines is 2. The molecule has 0 saturated carbocycles. The van der Waals surface area contributed by atoms with E-state index < -0.39 is 0 Å². The largest absolute Gasteiger partial charge is 0.277 e. The van der Waals surface area contributed by atoms with Gasteiger partial charge < -0.3 is 0 Å². The Morgan fingerprint density at radius 2 is 1.34 bits per heavy atom. The lowest BCUT2D eigenvalue weighted by molar-refractivity contribution is 0.420. The molecule has 164 valence electrons. The van der Waals surface area contributed by atoms with E-state index in [4.69, 9.17) is 10.2 Å². The third kappa shape index (κ3) is 2.88. The number of H-pyrrole nitrogens is 2. The number of hydrogen-bond acceptors (Lipinski definition) is 2. The Balaban J connectivity index is 1.58. The second-order valence-corrected chi connectivity index (χ2v) is 11.1. The van der Waals surface area contributed by atoms with Crippen molar-refractivity contribution >= 4 is 10.8 Å². The zero-order valence-electron chi connectivity index (χ0n) is 19.6. The lowest BCUT2D eigenvalue weighted by atomic mass is 9.75. The fraction of sp³-hybridized carbons (Fsp3) is 0.429. The van der Waals surface area contributed by atoms with E-state index in [1.54, 1.807) is 0 Å². The van der Waals surface area contributed by atoms with Gasteiger partial charge in [0, 0.05) is 33.1 Å². The summed E-state index contributed by atoms with van der Waals surface area (Å²) in [6, 6.07) is 13.4. The molecule has 4 aromatic rings. The van der Waals surface area contributed by atoms with Crippen molar-refractivity contribution in [2.75, 3.05) is 0 Å². The lowest BCUT2D eigenvalue weighted by Crippen LogP contribution is -2.23. The summed E-state index contributed by atoms with van der Waals surface area (Å²) in [5.41, 5.74) is 10.4. The molecule has 2 aliphatic carbocycles. The quantitative estimate of drug-likeness (QED) is 0.370. The third-order valence-electron chi connectivity index (χ3n) is 7.89. The summed E-state index contributed by atoms with van der Waals surface area (Å²) in [6.07, 6.45) is 7.02. The SMILES string of the molecule is CC1(C)CCCc2c1n[nH]c2-c1cc(-c2[nH]nc3c2CCCC3(C)C)c2ccccc2c1. The van der Waals surface area contributed by atoms with Gasteiger partial charge in [-0.3, -0.25) is 10.2 Å². The number of benzene rings is 2. The molecule has 0 saturated heterocycles. The Bertz CT molecular complexity index is 1330. The lowest BCUT2D eigenvalue weighted by Gasteiger charge is -2.29. The molecule has 0 bridgehead atoms. The number of hydrogen-bond donors (Lipinski definition) is 2. The van der Waals surface area contributed by atoms with Crippen molar-refractivity contribution in [3.8, 4) is 22.5 Å². The van der Waals surface area contributed by atoms with Crippen LogP contribution in [-0.2, 0) is 23.7 Å². The van der Waals surface area contributed by atoms with Crippen molar-refractivity contribution in [3.05, 3.63) is 58.9 Å². The summed E-state index contributed by atoms with van der Waals surface area (Å²) >= 11 is 0. The van der Waals surface area contributed by atoms with Crippen molar-refractivity contribution in [1.82, 2.24) is 20.4 Å². The fourth-order valence-corrected chi connectivity index (χ4v) is 6.11. The number of aromatic nitrogens is 4. The van der Waals surface area contributed by atoms with E-state index in [9.17, 15) is 0 Å². The number of nitrogens with zero attached hydrogens (tertiary/aromatic N) is 2. The minimum atomic E-state index is 0.129. The van der Waals surface area contributed by atoms with Gasteiger partial charge in [-0.25, -0.2) is 0 Å². The van der Waals surface area contributed by atoms with Crippen molar-refractivity contribution < 1.29 is 0 Å². The van der Waals surface area contributed by atoms with Crippen LogP contribution in [0.5, 0.6) is 0 Å². The maximum Gasteiger partial charge on any atom is 0.0716 e. The third-order valence-corrected chi connectivity index (χ3v) is 7.89. The average molecular weight is 425 g/mol. The van der Waals surface area contributed by atoms with Gasteiger partial charge in [0.1, 0.15) is 0 Å². The highest BCUT2D eigenvalue weighted by Crippen LogP contribution is 2.44. The predicted octanol–water partition coefficient (Wildman–Crippen LogP) is 6.85. The molecule has 2 aromatic carbocycles. The van der Waals surface area contributed by atoms with Crippen LogP contribution >= 0.6 is 0 Å². The van der Waals surface area contributed by atoms with Crippen LogP contribution in [0, 0.1) is 0 Å². The first-order valence-corrected chi connectivity index (χ1v) is 12.0. The first kappa shape index (κ1) is 19.8. The zero-order valence-corrected chi connectivity index (χ0v) is 19.6. The molecule has 0 atom stereocenters. The summed E-state index contributed by atoms with van der Waals surface area (Å²) in [6.45, 7) is 9.28. The number of fused-ring (bicyclic) bond motifs is 3. The highest BCUT2D eigenvalue weighted by Gasteiger charge is 2.34. The predicted molar refractivity (Wildman–Crippen MR) is 131 cm³/mol. The molecular weight excluding hydrogens is 392 g/mol. The minimum absolute atomic E-state index is 0.129. The Morgan fingerprint density at radius 3 is 2.03 bits per heavy atom. The number of nitrogens with one attached hydrogen (secondary N) is 2. The van der Waals surface area contributed by atoms with E-state index in [0.29, 0.717) is 0 Å². The smallest absolute Gasteiger partial charge is 0.0716 e. The van der Waals surface area contributed by atoms with E-state index in [1.807, 2.05) is 0 Å². The van der Waals surface area contributed by atoms with Crippen molar-refractivity contribution in [2.45, 2.75) is 77.0 Å². The molecule has 2 heterocycles. The molecule has 0 fully saturated rings. The molecule has 2 aliphatic rings. The molecule has 0 spiro atoms. The fourth-order valence-electron chi connectivity index (χ4n) is 6.11. The second-order valence-electron chi connectivity index (χ2n) is 11.1. The van der Waals surface area contributed by atoms with E-state index in [-0.39, 0.29) is 10.8 Å². The topological polar surface area (TPSA) is 57.4 Å². The van der Waals surface area contributed by atoms with Crippen LogP contribution in [0.15, 0.2) is 36.4 Å². The van der Waals surface area contributed by atoms with Crippen molar-refractivity contribution in [2.24, 2.45) is 0 Å². The number of rotatable bonds is 2. The molecule has 6 rings (SSSR count). The first-order valence-electron chi connectivity index (χ1n) is 12.0. The molecule has 0 radical (unpaired) electrons. The summed E-state index contributed by atoms with van der Waals surface area (Å²) in [4.78, 5) is 0. The van der Waals surface area contributed by atoms with Gasteiger partial charge in [-0.1, -0.05) is 52.0 Å². The maximum absolute atomic E-state index is 4.83. The highest BCUT2D eigenvalue weighted by atomic mass is 15.1. The van der Waals surface area contributed by atoms with Crippen LogP contribution in [-0.4, -0.2) is 20.4 Å². The normalized spacial score (nSPS) is 19.0. The summed E-state index contributed by atoms with van der Waals surface area (Å²) in [5.74, 6) is 0. The molecule has 2 aromatic heterocycles. The summed E-state index contributed by atoms with van der Waals surface area (Å²) < 4.78 is 0. The second kappa shape index (κ2) is 6.81. The first-order chi connectivity index (χ1) is 15.4. The maximum atomic E-state index is 4.83. The molecule has 0 amide bonds. The molecule has 32 heavy (non-hydrogen) atoms. The Kier molecular flexibility index (Phi) is 4.21. The van der Waals surface area contributed by atoms with Crippen LogP contribution in [0.1, 0.15) is 75.9 Å². The average Bonchev–Trinajstić information content (AvgIpc) is 3.39. The minimum Gasteiger partial charge on any atom is -0.277 e. The standard InChI is InChI=1S/C28H32N4/c1-27(2)13-7-11-20-23(29-31-25(20)27)18-15-17-9-5-6-10-19(17)22(16-18)24-21-12-8-14-28(3,4)26(21)32-30-24/h5-6,9-10,15-16H,7-8,11-14H2,1-4H3,(H,29,31)(H,30,32). The van der Waals surface area contributed by atoms with E-state index in [2.05, 4.69) is 74.3 Å². The van der Waals surface area contributed by atoms with Crippen molar-refractivity contribution in [1.29, 1.82) is 0 Å². The Labute approximate surface area is 189 Å². The molecule has 0 unspecified atom stereocenters. The van der Waals surface area contributed by atoms with E-state index in [1.165, 1.54) is 81.5 Å². The molecule has 4 heteroatoms. The monoisotopic (exact) mass is 424 g/mol. The zero-order chi connectivity index (χ0) is 22.1. The van der Waals surface area contributed by atoms with E-state index in [0.717, 1.165) is 12.8 Å². The van der Waals surface area contributed by atoms with Crippen LogP contribution in [0.2, 0.25) is 0 Å². The van der Waals surface area contributed by atoms with Gasteiger partial charge in [0.05, 0.1) is 22.8 Å². The summed E-state index contributed by atoms with van der Waals surface area (Å²) in [7, 11) is 0.